The number of hydrogen-bond acceptors (Lipinski definition) is 2. The van der Waals surface area contributed by atoms with Gasteiger partial charge in [0, 0.05) is 11.3 Å². The van der Waals surface area contributed by atoms with E-state index in [0.717, 1.165) is 16.9 Å². The molecule has 27 heavy (non-hydrogen) atoms. The molecular weight excluding hydrogens is 377 g/mol. The minimum atomic E-state index is -1.64. The maximum absolute atomic E-state index is 14.2. The third-order valence-electron chi connectivity index (χ3n) is 4.35. The maximum Gasteiger partial charge on any atom is 0.282 e. The van der Waals surface area contributed by atoms with Crippen LogP contribution in [-0.4, -0.2) is 11.6 Å². The SMILES string of the molecule is O=C1C(=Nc2cccc(C(F)(P)P)c2)c2ccccc2N1c1ccccc1. The molecule has 3 nitrogen and oxygen atoms in total. The largest absolute Gasteiger partial charge is 0.282 e. The fraction of sp³-hybridized carbons (Fsp3) is 0.0476. The number of amides is 1. The maximum atomic E-state index is 14.2. The smallest absolute Gasteiger partial charge is 0.275 e. The molecule has 1 aliphatic rings. The Morgan fingerprint density at radius 2 is 1.59 bits per heavy atom. The van der Waals surface area contributed by atoms with Crippen LogP contribution in [0.15, 0.2) is 83.9 Å². The second-order valence-electron chi connectivity index (χ2n) is 6.27. The van der Waals surface area contributed by atoms with E-state index in [0.29, 0.717) is 17.0 Å². The Bertz CT molecular complexity index is 1050. The average molecular weight is 394 g/mol. The average Bonchev–Trinajstić information content (AvgIpc) is 2.94. The van der Waals surface area contributed by atoms with Gasteiger partial charge in [-0.3, -0.25) is 9.69 Å². The van der Waals surface area contributed by atoms with E-state index in [1.807, 2.05) is 54.6 Å². The van der Waals surface area contributed by atoms with Crippen molar-refractivity contribution in [2.75, 3.05) is 4.90 Å². The van der Waals surface area contributed by atoms with Crippen LogP contribution in [0.4, 0.5) is 21.5 Å². The van der Waals surface area contributed by atoms with Gasteiger partial charge in [-0.1, -0.05) is 67.0 Å². The molecule has 1 heterocycles. The number of fused-ring (bicyclic) bond motifs is 1. The Balaban J connectivity index is 1.83. The lowest BCUT2D eigenvalue weighted by Gasteiger charge is -2.16. The van der Waals surface area contributed by atoms with Gasteiger partial charge in [0.1, 0.15) is 5.71 Å². The number of halogens is 1. The highest BCUT2D eigenvalue weighted by molar-refractivity contribution is 7.38. The number of aliphatic imine (C=N–C) groups is 1. The van der Waals surface area contributed by atoms with E-state index in [2.05, 4.69) is 23.5 Å². The van der Waals surface area contributed by atoms with Gasteiger partial charge in [0.2, 0.25) is 0 Å². The van der Waals surface area contributed by atoms with Gasteiger partial charge >= 0.3 is 0 Å². The quantitative estimate of drug-likeness (QED) is 0.554. The number of carbonyl (C=O) groups excluding carboxylic acids is 1. The Labute approximate surface area is 161 Å². The molecule has 3 aromatic rings. The summed E-state index contributed by atoms with van der Waals surface area (Å²) in [6.45, 7) is 0. The highest BCUT2D eigenvalue weighted by Crippen LogP contribution is 2.41. The highest BCUT2D eigenvalue weighted by atomic mass is 31.1. The fourth-order valence-corrected chi connectivity index (χ4v) is 3.44. The molecule has 1 aliphatic heterocycles. The number of rotatable bonds is 3. The van der Waals surface area contributed by atoms with Crippen LogP contribution in [0.2, 0.25) is 0 Å². The molecule has 0 radical (unpaired) electrons. The lowest BCUT2D eigenvalue weighted by atomic mass is 10.1. The van der Waals surface area contributed by atoms with Crippen LogP contribution in [0.3, 0.4) is 0 Å². The number of carbonyl (C=O) groups is 1. The van der Waals surface area contributed by atoms with E-state index in [9.17, 15) is 9.18 Å². The monoisotopic (exact) mass is 394 g/mol. The van der Waals surface area contributed by atoms with Crippen molar-refractivity contribution < 1.29 is 9.18 Å². The first kappa shape index (κ1) is 18.0. The summed E-state index contributed by atoms with van der Waals surface area (Å²) >= 11 is 0. The third kappa shape index (κ3) is 3.43. The summed E-state index contributed by atoms with van der Waals surface area (Å²) in [6, 6.07) is 23.8. The van der Waals surface area contributed by atoms with Crippen LogP contribution in [0.5, 0.6) is 0 Å². The molecule has 2 atom stereocenters. The lowest BCUT2D eigenvalue weighted by molar-refractivity contribution is -0.111. The van der Waals surface area contributed by atoms with E-state index in [1.54, 1.807) is 29.2 Å². The van der Waals surface area contributed by atoms with Gasteiger partial charge in [-0.15, -0.1) is 0 Å². The van der Waals surface area contributed by atoms with Gasteiger partial charge in [0.15, 0.2) is 5.15 Å². The molecule has 0 aromatic heterocycles. The number of alkyl halides is 1. The van der Waals surface area contributed by atoms with Crippen LogP contribution >= 0.6 is 18.5 Å². The van der Waals surface area contributed by atoms with Crippen LogP contribution in [0.25, 0.3) is 0 Å². The van der Waals surface area contributed by atoms with Crippen molar-refractivity contribution in [3.63, 3.8) is 0 Å². The number of para-hydroxylation sites is 2. The second-order valence-corrected chi connectivity index (χ2v) is 8.62. The Hall–Kier alpha value is -2.41. The van der Waals surface area contributed by atoms with Crippen LogP contribution in [0.1, 0.15) is 11.1 Å². The summed E-state index contributed by atoms with van der Waals surface area (Å²) in [5.41, 5.74) is 3.68. The summed E-state index contributed by atoms with van der Waals surface area (Å²) in [6.07, 6.45) is 0. The molecule has 0 N–H and O–H groups in total. The number of benzene rings is 3. The molecule has 4 rings (SSSR count). The molecule has 134 valence electrons. The number of anilines is 2. The highest BCUT2D eigenvalue weighted by Gasteiger charge is 2.34. The molecule has 3 aromatic carbocycles. The standard InChI is InChI=1S/C21H17FN2OP2/c22-21(26,27)14-7-6-8-15(13-14)23-19-17-11-4-5-12-18(17)24(20(19)25)16-9-2-1-3-10-16/h1-13H,26-27H2. The van der Waals surface area contributed by atoms with Crippen molar-refractivity contribution in [3.05, 3.63) is 90.0 Å². The first-order valence-electron chi connectivity index (χ1n) is 8.40. The van der Waals surface area contributed by atoms with E-state index >= 15 is 0 Å². The topological polar surface area (TPSA) is 32.7 Å². The molecule has 1 amide bonds. The van der Waals surface area contributed by atoms with Gasteiger partial charge in [-0.2, -0.15) is 0 Å². The molecule has 0 saturated carbocycles. The summed E-state index contributed by atoms with van der Waals surface area (Å²) in [5, 5.41) is -1.64. The molecule has 0 bridgehead atoms. The summed E-state index contributed by atoms with van der Waals surface area (Å²) in [4.78, 5) is 19.4. The molecule has 0 spiro atoms. The van der Waals surface area contributed by atoms with Gasteiger partial charge in [-0.25, -0.2) is 9.38 Å². The predicted octanol–water partition coefficient (Wildman–Crippen LogP) is 5.32. The van der Waals surface area contributed by atoms with Gasteiger partial charge in [0.25, 0.3) is 5.91 Å². The summed E-state index contributed by atoms with van der Waals surface area (Å²) in [7, 11) is 4.29. The normalized spacial score (nSPS) is 15.3. The molecule has 2 unspecified atom stereocenters. The van der Waals surface area contributed by atoms with Gasteiger partial charge < -0.3 is 0 Å². The zero-order chi connectivity index (χ0) is 19.0. The summed E-state index contributed by atoms with van der Waals surface area (Å²) < 4.78 is 14.2. The molecule has 0 saturated heterocycles. The molecule has 0 fully saturated rings. The van der Waals surface area contributed by atoms with Crippen molar-refractivity contribution in [2.24, 2.45) is 4.99 Å². The Morgan fingerprint density at radius 1 is 0.889 bits per heavy atom. The van der Waals surface area contributed by atoms with E-state index in [1.165, 1.54) is 0 Å². The molecule has 6 heteroatoms. The Kier molecular flexibility index (Phi) is 4.63. The van der Waals surface area contributed by atoms with Crippen LogP contribution < -0.4 is 4.90 Å². The second kappa shape index (κ2) is 6.96. The predicted molar refractivity (Wildman–Crippen MR) is 115 cm³/mol. The van der Waals surface area contributed by atoms with Crippen LogP contribution in [0, 0.1) is 0 Å². The zero-order valence-corrected chi connectivity index (χ0v) is 16.7. The van der Waals surface area contributed by atoms with E-state index < -0.39 is 5.15 Å². The minimum absolute atomic E-state index is 0.198. The third-order valence-corrected chi connectivity index (χ3v) is 5.02. The van der Waals surface area contributed by atoms with E-state index in [4.69, 9.17) is 0 Å². The first-order chi connectivity index (χ1) is 12.9. The van der Waals surface area contributed by atoms with Crippen molar-refractivity contribution >= 4 is 47.2 Å². The fourth-order valence-electron chi connectivity index (χ4n) is 3.08. The first-order valence-corrected chi connectivity index (χ1v) is 9.55. The van der Waals surface area contributed by atoms with Gasteiger partial charge in [0.05, 0.1) is 11.4 Å². The molecule has 0 aliphatic carbocycles. The number of hydrogen-bond donors (Lipinski definition) is 0. The Morgan fingerprint density at radius 3 is 2.33 bits per heavy atom. The molecular formula is C21H17FN2OP2. The summed E-state index contributed by atoms with van der Waals surface area (Å²) in [5.74, 6) is -0.198. The number of nitrogens with zero attached hydrogens (tertiary/aromatic N) is 2. The van der Waals surface area contributed by atoms with Crippen molar-refractivity contribution in [2.45, 2.75) is 5.15 Å². The van der Waals surface area contributed by atoms with Crippen molar-refractivity contribution in [1.29, 1.82) is 0 Å². The van der Waals surface area contributed by atoms with Gasteiger partial charge in [-0.05, 0) is 35.9 Å². The van der Waals surface area contributed by atoms with Crippen molar-refractivity contribution in [1.82, 2.24) is 0 Å². The van der Waals surface area contributed by atoms with Crippen LogP contribution in [-0.2, 0) is 9.95 Å². The minimum Gasteiger partial charge on any atom is -0.275 e. The van der Waals surface area contributed by atoms with Crippen molar-refractivity contribution in [3.8, 4) is 0 Å². The zero-order valence-electron chi connectivity index (χ0n) is 14.3. The lowest BCUT2D eigenvalue weighted by Crippen LogP contribution is -2.25. The van der Waals surface area contributed by atoms with E-state index in [-0.39, 0.29) is 5.91 Å².